The number of amides is 1. The highest BCUT2D eigenvalue weighted by atomic mass is 32.2. The summed E-state index contributed by atoms with van der Waals surface area (Å²) in [6.07, 6.45) is 1.65. The Kier molecular flexibility index (Phi) is 6.96. The van der Waals surface area contributed by atoms with Crippen LogP contribution in [0.2, 0.25) is 0 Å². The molecule has 0 spiro atoms. The quantitative estimate of drug-likeness (QED) is 0.279. The van der Waals surface area contributed by atoms with Gasteiger partial charge in [-0.15, -0.1) is 5.10 Å². The normalized spacial score (nSPS) is 15.4. The van der Waals surface area contributed by atoms with E-state index in [4.69, 9.17) is 9.15 Å². The highest BCUT2D eigenvalue weighted by molar-refractivity contribution is 8.18. The molecule has 0 unspecified atom stereocenters. The topological polar surface area (TPSA) is 124 Å². The number of carbonyl (C=O) groups excluding carboxylic acids is 2. The zero-order valence-electron chi connectivity index (χ0n) is 18.8. The van der Waals surface area contributed by atoms with E-state index in [9.17, 15) is 9.59 Å². The molecule has 4 aromatic rings. The fourth-order valence-corrected chi connectivity index (χ4v) is 4.73. The van der Waals surface area contributed by atoms with Crippen LogP contribution in [0.25, 0.3) is 11.8 Å². The summed E-state index contributed by atoms with van der Waals surface area (Å²) >= 11 is 2.47. The molecule has 180 valence electrons. The summed E-state index contributed by atoms with van der Waals surface area (Å²) in [6.45, 7) is 2.06. The van der Waals surface area contributed by atoms with Crippen molar-refractivity contribution in [2.24, 2.45) is 4.99 Å². The molecule has 12 heteroatoms. The summed E-state index contributed by atoms with van der Waals surface area (Å²) in [5.41, 5.74) is 1.87. The first-order valence-electron chi connectivity index (χ1n) is 10.8. The number of amidine groups is 1. The zero-order valence-corrected chi connectivity index (χ0v) is 20.5. The van der Waals surface area contributed by atoms with Crippen LogP contribution in [0.3, 0.4) is 0 Å². The number of esters is 1. The van der Waals surface area contributed by atoms with Gasteiger partial charge in [-0.3, -0.25) is 4.79 Å². The molecule has 1 amide bonds. The van der Waals surface area contributed by atoms with Crippen molar-refractivity contribution in [3.63, 3.8) is 0 Å². The third kappa shape index (κ3) is 5.39. The average molecular weight is 519 g/mol. The van der Waals surface area contributed by atoms with E-state index < -0.39 is 5.97 Å². The first-order chi connectivity index (χ1) is 17.6. The predicted molar refractivity (Wildman–Crippen MR) is 135 cm³/mol. The van der Waals surface area contributed by atoms with Crippen LogP contribution in [0.1, 0.15) is 23.0 Å². The lowest BCUT2D eigenvalue weighted by Crippen LogP contribution is -2.19. The number of furan rings is 1. The number of aromatic nitrogens is 4. The predicted octanol–water partition coefficient (Wildman–Crippen LogP) is 4.47. The van der Waals surface area contributed by atoms with Crippen molar-refractivity contribution in [3.8, 4) is 5.69 Å². The molecule has 1 saturated heterocycles. The Morgan fingerprint density at radius 3 is 2.75 bits per heavy atom. The van der Waals surface area contributed by atoms with E-state index in [0.29, 0.717) is 43.9 Å². The average Bonchev–Trinajstić information content (AvgIpc) is 3.62. The minimum atomic E-state index is -0.391. The fourth-order valence-electron chi connectivity index (χ4n) is 3.14. The molecule has 2 aromatic heterocycles. The van der Waals surface area contributed by atoms with Gasteiger partial charge < -0.3 is 14.5 Å². The Balaban J connectivity index is 1.26. The van der Waals surface area contributed by atoms with Gasteiger partial charge in [-0.05, 0) is 89.4 Å². The van der Waals surface area contributed by atoms with Gasteiger partial charge in [-0.2, -0.15) is 4.68 Å². The van der Waals surface area contributed by atoms with E-state index >= 15 is 0 Å². The second kappa shape index (κ2) is 10.6. The number of carbonyl (C=O) groups is 2. The number of hydrogen-bond donors (Lipinski definition) is 1. The number of thioether (sulfide) groups is 1. The van der Waals surface area contributed by atoms with Gasteiger partial charge in [0.1, 0.15) is 5.76 Å². The monoisotopic (exact) mass is 518 g/mol. The number of benzene rings is 2. The Hall–Kier alpha value is -4.16. The maximum absolute atomic E-state index is 12.4. The maximum atomic E-state index is 12.4. The van der Waals surface area contributed by atoms with Crippen LogP contribution in [0.5, 0.6) is 0 Å². The highest BCUT2D eigenvalue weighted by Crippen LogP contribution is 2.32. The van der Waals surface area contributed by atoms with E-state index in [2.05, 4.69) is 25.8 Å². The Labute approximate surface area is 213 Å². The van der Waals surface area contributed by atoms with E-state index in [-0.39, 0.29) is 5.91 Å². The largest absolute Gasteiger partial charge is 0.462 e. The molecule has 1 aliphatic rings. The Bertz CT molecular complexity index is 1460. The van der Waals surface area contributed by atoms with Gasteiger partial charge in [-0.1, -0.05) is 18.2 Å². The second-order valence-electron chi connectivity index (χ2n) is 7.22. The molecule has 0 atom stereocenters. The van der Waals surface area contributed by atoms with E-state index in [0.717, 1.165) is 5.69 Å². The molecule has 10 nitrogen and oxygen atoms in total. The summed E-state index contributed by atoms with van der Waals surface area (Å²) in [6, 6.07) is 19.7. The number of ether oxygens (including phenoxy) is 1. The van der Waals surface area contributed by atoms with Crippen LogP contribution in [0.4, 0.5) is 5.69 Å². The number of rotatable bonds is 7. The van der Waals surface area contributed by atoms with Crippen molar-refractivity contribution in [2.75, 3.05) is 6.61 Å². The van der Waals surface area contributed by atoms with Crippen LogP contribution in [0.15, 0.2) is 91.3 Å². The van der Waals surface area contributed by atoms with Crippen molar-refractivity contribution in [1.29, 1.82) is 0 Å². The second-order valence-corrected chi connectivity index (χ2v) is 9.22. The molecule has 5 rings (SSSR count). The molecule has 0 radical (unpaired) electrons. The van der Waals surface area contributed by atoms with Gasteiger partial charge >= 0.3 is 5.97 Å². The van der Waals surface area contributed by atoms with Crippen molar-refractivity contribution >= 4 is 52.3 Å². The van der Waals surface area contributed by atoms with Crippen LogP contribution < -0.4 is 5.32 Å². The summed E-state index contributed by atoms with van der Waals surface area (Å²) < 4.78 is 12.5. The highest BCUT2D eigenvalue weighted by Gasteiger charge is 2.24. The molecule has 1 fully saturated rings. The SMILES string of the molecule is CCOC(=O)c1ccc(N=C2NC(=O)/C(=C/c3ccc(Sc4nnnn4-c4ccccc4)o3)S2)cc1. The number of hydrogen-bond acceptors (Lipinski definition) is 10. The number of nitrogens with one attached hydrogen (secondary N) is 1. The Morgan fingerprint density at radius 2 is 1.97 bits per heavy atom. The molecular weight excluding hydrogens is 500 g/mol. The van der Waals surface area contributed by atoms with Crippen LogP contribution in [0, 0.1) is 0 Å². The van der Waals surface area contributed by atoms with E-state index in [1.54, 1.807) is 54.1 Å². The maximum Gasteiger partial charge on any atom is 0.338 e. The summed E-state index contributed by atoms with van der Waals surface area (Å²) in [5.74, 6) is -0.160. The minimum absolute atomic E-state index is 0.277. The Morgan fingerprint density at radius 1 is 1.17 bits per heavy atom. The molecule has 0 aliphatic carbocycles. The van der Waals surface area contributed by atoms with Crippen molar-refractivity contribution in [1.82, 2.24) is 25.5 Å². The lowest BCUT2D eigenvalue weighted by atomic mass is 10.2. The van der Waals surface area contributed by atoms with E-state index in [1.165, 1.54) is 23.5 Å². The van der Waals surface area contributed by atoms with Crippen LogP contribution >= 0.6 is 23.5 Å². The third-order valence-corrected chi connectivity index (χ3v) is 6.54. The van der Waals surface area contributed by atoms with Gasteiger partial charge in [-0.25, -0.2) is 9.79 Å². The molecule has 36 heavy (non-hydrogen) atoms. The lowest BCUT2D eigenvalue weighted by molar-refractivity contribution is -0.115. The van der Waals surface area contributed by atoms with Gasteiger partial charge in [0.05, 0.1) is 28.5 Å². The first kappa shape index (κ1) is 23.6. The van der Waals surface area contributed by atoms with Gasteiger partial charge in [0.15, 0.2) is 10.3 Å². The fraction of sp³-hybridized carbons (Fsp3) is 0.0833. The van der Waals surface area contributed by atoms with Gasteiger partial charge in [0, 0.05) is 6.08 Å². The summed E-state index contributed by atoms with van der Waals surface area (Å²) in [4.78, 5) is 29.1. The summed E-state index contributed by atoms with van der Waals surface area (Å²) in [7, 11) is 0. The minimum Gasteiger partial charge on any atom is -0.462 e. The first-order valence-corrected chi connectivity index (χ1v) is 12.4. The van der Waals surface area contributed by atoms with Crippen molar-refractivity contribution in [3.05, 3.63) is 83.0 Å². The van der Waals surface area contributed by atoms with Crippen molar-refractivity contribution < 1.29 is 18.7 Å². The standard InChI is InChI=1S/C24H18N6O4S2/c1-2-33-22(32)15-8-10-16(11-9-15)25-23-26-21(31)19(35-23)14-18-12-13-20(34-18)36-24-27-28-29-30(24)17-6-4-3-5-7-17/h3-14H,2H2,1H3,(H,25,26,31)/b19-14-. The molecular formula is C24H18N6O4S2. The molecule has 1 aliphatic heterocycles. The smallest absolute Gasteiger partial charge is 0.338 e. The van der Waals surface area contributed by atoms with Crippen LogP contribution in [-0.4, -0.2) is 43.9 Å². The summed E-state index contributed by atoms with van der Waals surface area (Å²) in [5, 5.41) is 16.1. The van der Waals surface area contributed by atoms with Gasteiger partial charge in [0.2, 0.25) is 5.16 Å². The number of para-hydroxylation sites is 1. The molecule has 0 bridgehead atoms. The number of tetrazole rings is 1. The lowest BCUT2D eigenvalue weighted by Gasteiger charge is -2.02. The van der Waals surface area contributed by atoms with E-state index in [1.807, 2.05) is 30.3 Å². The molecule has 1 N–H and O–H groups in total. The van der Waals surface area contributed by atoms with Crippen molar-refractivity contribution in [2.45, 2.75) is 17.2 Å². The number of nitrogens with zero attached hydrogens (tertiary/aromatic N) is 5. The van der Waals surface area contributed by atoms with Gasteiger partial charge in [0.25, 0.3) is 5.91 Å². The molecule has 3 heterocycles. The number of aliphatic imine (C=N–C) groups is 1. The molecule has 2 aromatic carbocycles. The van der Waals surface area contributed by atoms with Crippen LogP contribution in [-0.2, 0) is 9.53 Å². The zero-order chi connectivity index (χ0) is 24.9. The molecule has 0 saturated carbocycles. The third-order valence-electron chi connectivity index (χ3n) is 4.77.